The lowest BCUT2D eigenvalue weighted by atomic mass is 9.93. The maximum atomic E-state index is 13.7. The van der Waals surface area contributed by atoms with E-state index in [4.69, 9.17) is 10.7 Å². The first-order chi connectivity index (χ1) is 20.6. The number of pyridine rings is 1. The van der Waals surface area contributed by atoms with Crippen LogP contribution in [0.4, 0.5) is 10.9 Å². The van der Waals surface area contributed by atoms with Crippen molar-refractivity contribution >= 4 is 51.9 Å². The summed E-state index contributed by atoms with van der Waals surface area (Å²) in [6.07, 6.45) is 6.78. The Balaban J connectivity index is 1.43. The second kappa shape index (κ2) is 12.8. The monoisotopic (exact) mass is 605 g/mol. The molecule has 0 atom stereocenters. The summed E-state index contributed by atoms with van der Waals surface area (Å²) in [4.78, 5) is 52.7. The maximum absolute atomic E-state index is 13.7. The summed E-state index contributed by atoms with van der Waals surface area (Å²) >= 11 is 1.36. The number of nitrogens with zero attached hydrogens (tertiary/aromatic N) is 8. The number of thiazole rings is 1. The zero-order valence-corrected chi connectivity index (χ0v) is 25.2. The van der Waals surface area contributed by atoms with Crippen LogP contribution in [0.15, 0.2) is 28.5 Å². The summed E-state index contributed by atoms with van der Waals surface area (Å²) in [5, 5.41) is 19.1. The van der Waals surface area contributed by atoms with E-state index in [-0.39, 0.29) is 22.8 Å². The molecule has 14 nitrogen and oxygen atoms in total. The highest BCUT2D eigenvalue weighted by Gasteiger charge is 2.25. The molecule has 1 aliphatic rings. The molecule has 0 bridgehead atoms. The molecule has 0 saturated carbocycles. The Morgan fingerprint density at radius 3 is 2.60 bits per heavy atom. The quantitative estimate of drug-likeness (QED) is 0.239. The molecular formula is C28H35N11O3S. The Labute approximate surface area is 252 Å². The third-order valence-electron chi connectivity index (χ3n) is 7.14. The fraction of sp³-hybridized carbons (Fsp3) is 0.429. The zero-order valence-electron chi connectivity index (χ0n) is 24.4. The van der Waals surface area contributed by atoms with Crippen LogP contribution in [-0.2, 0) is 10.2 Å². The van der Waals surface area contributed by atoms with Crippen molar-refractivity contribution in [3.05, 3.63) is 56.7 Å². The molecule has 4 aromatic heterocycles. The molecule has 226 valence electrons. The van der Waals surface area contributed by atoms with Gasteiger partial charge in [-0.3, -0.25) is 24.1 Å². The van der Waals surface area contributed by atoms with Gasteiger partial charge in [0.05, 0.1) is 11.3 Å². The molecular weight excluding hydrogens is 570 g/mol. The predicted octanol–water partition coefficient (Wildman–Crippen LogP) is 2.16. The number of nitrogens with one attached hydrogen (secondary N) is 2. The number of carbonyl (C=O) groups excluding carboxylic acids is 2. The van der Waals surface area contributed by atoms with Crippen LogP contribution in [0.25, 0.3) is 17.8 Å². The fourth-order valence-corrected chi connectivity index (χ4v) is 5.59. The van der Waals surface area contributed by atoms with Crippen molar-refractivity contribution in [3.63, 3.8) is 0 Å². The second-order valence-corrected chi connectivity index (χ2v) is 12.1. The largest absolute Gasteiger partial charge is 0.352 e. The van der Waals surface area contributed by atoms with Gasteiger partial charge in [0.15, 0.2) is 11.0 Å². The van der Waals surface area contributed by atoms with Gasteiger partial charge in [-0.1, -0.05) is 20.8 Å². The van der Waals surface area contributed by atoms with Crippen LogP contribution in [0.1, 0.15) is 67.5 Å². The number of tetrazole rings is 1. The van der Waals surface area contributed by atoms with Crippen molar-refractivity contribution in [2.45, 2.75) is 45.4 Å². The van der Waals surface area contributed by atoms with Crippen LogP contribution in [0.5, 0.6) is 0 Å². The molecule has 4 N–H and O–H groups in total. The van der Waals surface area contributed by atoms with E-state index >= 15 is 0 Å². The van der Waals surface area contributed by atoms with Crippen LogP contribution in [0.2, 0.25) is 0 Å². The van der Waals surface area contributed by atoms with Gasteiger partial charge in [-0.25, -0.2) is 9.97 Å². The molecule has 4 aromatic rings. The molecule has 0 unspecified atom stereocenters. The highest BCUT2D eigenvalue weighted by atomic mass is 32.1. The molecule has 1 saturated heterocycles. The molecule has 2 amide bonds. The van der Waals surface area contributed by atoms with E-state index in [9.17, 15) is 14.4 Å². The molecule has 5 heterocycles. The van der Waals surface area contributed by atoms with Crippen LogP contribution in [0, 0.1) is 0 Å². The molecule has 0 spiro atoms. The highest BCUT2D eigenvalue weighted by Crippen LogP contribution is 2.27. The Kier molecular flexibility index (Phi) is 8.92. The summed E-state index contributed by atoms with van der Waals surface area (Å²) in [6.45, 7) is 8.74. The van der Waals surface area contributed by atoms with Crippen molar-refractivity contribution in [1.29, 1.82) is 0 Å². The number of hydrogen-bond acceptors (Lipinski definition) is 11. The second-order valence-electron chi connectivity index (χ2n) is 11.3. The lowest BCUT2D eigenvalue weighted by Crippen LogP contribution is -2.49. The van der Waals surface area contributed by atoms with Crippen LogP contribution < -0.4 is 21.5 Å². The van der Waals surface area contributed by atoms with Crippen molar-refractivity contribution in [2.24, 2.45) is 5.73 Å². The Morgan fingerprint density at radius 1 is 1.14 bits per heavy atom. The van der Waals surface area contributed by atoms with Crippen molar-refractivity contribution < 1.29 is 9.59 Å². The van der Waals surface area contributed by atoms with Crippen LogP contribution in [0.3, 0.4) is 0 Å². The first-order valence-corrected chi connectivity index (χ1v) is 15.0. The Hall–Kier alpha value is -4.50. The van der Waals surface area contributed by atoms with Gasteiger partial charge in [0.25, 0.3) is 11.5 Å². The average Bonchev–Trinajstić information content (AvgIpc) is 3.69. The summed E-state index contributed by atoms with van der Waals surface area (Å²) in [7, 11) is 0. The highest BCUT2D eigenvalue weighted by molar-refractivity contribution is 7.14. The molecule has 15 heteroatoms. The number of carbonyl (C=O) groups is 2. The summed E-state index contributed by atoms with van der Waals surface area (Å²) in [6, 6.07) is 3.16. The summed E-state index contributed by atoms with van der Waals surface area (Å²) < 4.78 is 1.40. The van der Waals surface area contributed by atoms with E-state index < -0.39 is 0 Å². The lowest BCUT2D eigenvalue weighted by Gasteiger charge is -2.36. The average molecular weight is 606 g/mol. The molecule has 0 aliphatic carbocycles. The van der Waals surface area contributed by atoms with Gasteiger partial charge in [-0.2, -0.15) is 5.21 Å². The molecule has 1 aliphatic heterocycles. The minimum atomic E-state index is -0.351. The van der Waals surface area contributed by atoms with E-state index in [1.807, 2.05) is 15.2 Å². The van der Waals surface area contributed by atoms with Crippen molar-refractivity contribution in [2.75, 3.05) is 42.9 Å². The number of piperazine rings is 1. The number of anilines is 2. The number of aromatic amines is 1. The Morgan fingerprint density at radius 2 is 1.93 bits per heavy atom. The minimum Gasteiger partial charge on any atom is -0.352 e. The summed E-state index contributed by atoms with van der Waals surface area (Å²) in [5.41, 5.74) is 6.99. The minimum absolute atomic E-state index is 0.0994. The standard InChI is InChI=1S/C28H35N11O3S/c1-28(2,3)20-17-43-27(30-20)32-25(41)18-9-11-39-22(16-18)31-24(19(26(39)42)7-8-21-33-35-36-34-21)38-14-12-37(13-15-38)23(40)6-4-5-10-29/h7-9,11,16-17H,4-6,10,12-15,29H2,1-3H3,(H,30,32,41)(H,33,34,35,36)/b8-7+. The van der Waals surface area contributed by atoms with Crippen LogP contribution >= 0.6 is 11.3 Å². The number of H-pyrrole nitrogens is 1. The zero-order chi connectivity index (χ0) is 30.6. The Bertz CT molecular complexity index is 1680. The topological polar surface area (TPSA) is 180 Å². The van der Waals surface area contributed by atoms with E-state index in [0.29, 0.717) is 72.7 Å². The number of hydrogen-bond donors (Lipinski definition) is 3. The van der Waals surface area contributed by atoms with E-state index in [2.05, 4.69) is 51.7 Å². The maximum Gasteiger partial charge on any atom is 0.267 e. The molecule has 43 heavy (non-hydrogen) atoms. The van der Waals surface area contributed by atoms with Gasteiger partial charge in [0, 0.05) is 55.2 Å². The molecule has 5 rings (SSSR count). The number of aromatic nitrogens is 7. The first kappa shape index (κ1) is 30.0. The molecule has 1 fully saturated rings. The van der Waals surface area contributed by atoms with Crippen LogP contribution in [-0.4, -0.2) is 84.4 Å². The first-order valence-electron chi connectivity index (χ1n) is 14.1. The number of rotatable bonds is 9. The van der Waals surface area contributed by atoms with E-state index in [0.717, 1.165) is 18.5 Å². The SMILES string of the molecule is CC(C)(C)c1csc(NC(=O)c2ccn3c(=O)c(/C=C/c4nn[nH]n4)c(N4CCN(C(=O)CCCCN)CC4)nc3c2)n1. The van der Waals surface area contributed by atoms with Gasteiger partial charge in [-0.05, 0) is 48.9 Å². The number of unbranched alkanes of at least 4 members (excludes halogenated alkanes) is 1. The van der Waals surface area contributed by atoms with Gasteiger partial charge >= 0.3 is 0 Å². The van der Waals surface area contributed by atoms with Gasteiger partial charge in [0.1, 0.15) is 11.5 Å². The molecule has 0 aromatic carbocycles. The van der Waals surface area contributed by atoms with Gasteiger partial charge < -0.3 is 15.5 Å². The normalized spacial score (nSPS) is 14.1. The number of amides is 2. The number of nitrogens with two attached hydrogens (primary N) is 1. The smallest absolute Gasteiger partial charge is 0.267 e. The third kappa shape index (κ3) is 6.94. The van der Waals surface area contributed by atoms with E-state index in [1.54, 1.807) is 24.3 Å². The number of fused-ring (bicyclic) bond motifs is 1. The molecule has 0 radical (unpaired) electrons. The lowest BCUT2D eigenvalue weighted by molar-refractivity contribution is -0.131. The van der Waals surface area contributed by atoms with Crippen molar-refractivity contribution in [1.82, 2.24) is 39.9 Å². The van der Waals surface area contributed by atoms with Gasteiger partial charge in [-0.15, -0.1) is 21.5 Å². The summed E-state index contributed by atoms with van der Waals surface area (Å²) in [5.74, 6) is 0.512. The predicted molar refractivity (Wildman–Crippen MR) is 165 cm³/mol. The van der Waals surface area contributed by atoms with Crippen molar-refractivity contribution in [3.8, 4) is 0 Å². The van der Waals surface area contributed by atoms with Gasteiger partial charge in [0.2, 0.25) is 5.91 Å². The van der Waals surface area contributed by atoms with E-state index in [1.165, 1.54) is 21.9 Å². The third-order valence-corrected chi connectivity index (χ3v) is 7.90. The fourth-order valence-electron chi connectivity index (χ4n) is 4.66.